The van der Waals surface area contributed by atoms with Crippen molar-refractivity contribution in [3.05, 3.63) is 91.0 Å². The van der Waals surface area contributed by atoms with Crippen molar-refractivity contribution in [3.63, 3.8) is 0 Å². The number of halogens is 1. The van der Waals surface area contributed by atoms with E-state index in [0.717, 1.165) is 47.8 Å². The normalized spacial score (nSPS) is 13.8. The second kappa shape index (κ2) is 12.2. The highest BCUT2D eigenvalue weighted by Gasteiger charge is 2.14. The Hall–Kier alpha value is -4.02. The van der Waals surface area contributed by atoms with Gasteiger partial charge in [0.05, 0.1) is 17.2 Å². The number of rotatable bonds is 11. The fraction of sp³-hybridized carbons (Fsp3) is 0.241. The van der Waals surface area contributed by atoms with Gasteiger partial charge in [0, 0.05) is 29.5 Å². The maximum absolute atomic E-state index is 13.1. The number of likely N-dealkylation sites (tertiary alicyclic amines) is 1. The number of ether oxygens (including phenoxy) is 1. The number of benzene rings is 3. The molecule has 2 N–H and O–H groups in total. The fourth-order valence-corrected chi connectivity index (χ4v) is 5.45. The van der Waals surface area contributed by atoms with Crippen LogP contribution in [0.4, 0.5) is 21.6 Å². The fourth-order valence-electron chi connectivity index (χ4n) is 4.39. The predicted molar refractivity (Wildman–Crippen MR) is 150 cm³/mol. The van der Waals surface area contributed by atoms with E-state index in [4.69, 9.17) is 4.74 Å². The molecule has 1 saturated heterocycles. The van der Waals surface area contributed by atoms with Gasteiger partial charge >= 0.3 is 0 Å². The molecule has 1 aromatic heterocycles. The first-order valence-corrected chi connectivity index (χ1v) is 14.4. The quantitative estimate of drug-likeness (QED) is 0.233. The summed E-state index contributed by atoms with van der Waals surface area (Å²) >= 11 is 0. The summed E-state index contributed by atoms with van der Waals surface area (Å²) in [7, 11) is -3.82. The molecule has 0 radical (unpaired) electrons. The lowest BCUT2D eigenvalue weighted by Crippen LogP contribution is -2.21. The molecule has 0 atom stereocenters. The van der Waals surface area contributed by atoms with Crippen molar-refractivity contribution in [1.29, 1.82) is 0 Å². The minimum atomic E-state index is -3.82. The van der Waals surface area contributed by atoms with Crippen LogP contribution in [0.3, 0.4) is 0 Å². The van der Waals surface area contributed by atoms with Gasteiger partial charge in [0.1, 0.15) is 23.7 Å². The van der Waals surface area contributed by atoms with Gasteiger partial charge in [-0.25, -0.2) is 22.8 Å². The average molecular weight is 548 g/mol. The highest BCUT2D eigenvalue weighted by atomic mass is 32.2. The lowest BCUT2D eigenvalue weighted by Gasteiger charge is -2.14. The van der Waals surface area contributed by atoms with Crippen LogP contribution in [0, 0.1) is 5.82 Å². The summed E-state index contributed by atoms with van der Waals surface area (Å²) in [6, 6.07) is 21.1. The zero-order valence-electron chi connectivity index (χ0n) is 21.4. The van der Waals surface area contributed by atoms with Gasteiger partial charge in [-0.2, -0.15) is 0 Å². The Morgan fingerprint density at radius 2 is 1.56 bits per heavy atom. The van der Waals surface area contributed by atoms with Gasteiger partial charge in [0.25, 0.3) is 10.0 Å². The molecule has 3 aromatic carbocycles. The van der Waals surface area contributed by atoms with Crippen LogP contribution in [0.25, 0.3) is 11.3 Å². The van der Waals surface area contributed by atoms with Crippen LogP contribution in [0.15, 0.2) is 90.1 Å². The lowest BCUT2D eigenvalue weighted by molar-refractivity contribution is 0.263. The van der Waals surface area contributed by atoms with Crippen molar-refractivity contribution in [2.45, 2.75) is 24.2 Å². The predicted octanol–water partition coefficient (Wildman–Crippen LogP) is 5.69. The largest absolute Gasteiger partial charge is 0.494 e. The van der Waals surface area contributed by atoms with Crippen molar-refractivity contribution in [2.24, 2.45) is 0 Å². The molecule has 2 heterocycles. The number of nitrogens with one attached hydrogen (secondary N) is 2. The van der Waals surface area contributed by atoms with E-state index in [2.05, 4.69) is 24.9 Å². The van der Waals surface area contributed by atoms with Crippen LogP contribution < -0.4 is 14.8 Å². The molecule has 0 aliphatic carbocycles. The van der Waals surface area contributed by atoms with Crippen molar-refractivity contribution >= 4 is 27.2 Å². The van der Waals surface area contributed by atoms with Crippen LogP contribution in [0.5, 0.6) is 5.75 Å². The Balaban J connectivity index is 1.16. The minimum absolute atomic E-state index is 0.0169. The molecule has 202 valence electrons. The number of hydrogen-bond donors (Lipinski definition) is 2. The molecule has 1 aliphatic rings. The zero-order chi connectivity index (χ0) is 27.1. The molecule has 0 unspecified atom stereocenters. The van der Waals surface area contributed by atoms with E-state index >= 15 is 0 Å². The first-order valence-electron chi connectivity index (χ1n) is 12.9. The molecular formula is C29H30FN5O3S. The summed E-state index contributed by atoms with van der Waals surface area (Å²) in [6.07, 6.45) is 5.12. The van der Waals surface area contributed by atoms with Gasteiger partial charge in [0.2, 0.25) is 0 Å². The Kier molecular flexibility index (Phi) is 8.33. The van der Waals surface area contributed by atoms with E-state index in [9.17, 15) is 12.8 Å². The van der Waals surface area contributed by atoms with Gasteiger partial charge < -0.3 is 15.0 Å². The molecule has 4 aromatic rings. The smallest absolute Gasteiger partial charge is 0.261 e. The van der Waals surface area contributed by atoms with Gasteiger partial charge in [-0.1, -0.05) is 0 Å². The van der Waals surface area contributed by atoms with Crippen molar-refractivity contribution < 1.29 is 17.5 Å². The third-order valence-electron chi connectivity index (χ3n) is 6.44. The summed E-state index contributed by atoms with van der Waals surface area (Å²) < 4.78 is 46.6. The molecule has 0 amide bonds. The minimum Gasteiger partial charge on any atom is -0.494 e. The number of nitrogens with zero attached hydrogens (tertiary/aromatic N) is 3. The van der Waals surface area contributed by atoms with Crippen LogP contribution >= 0.6 is 0 Å². The first-order chi connectivity index (χ1) is 18.9. The lowest BCUT2D eigenvalue weighted by atomic mass is 10.1. The molecule has 8 nitrogen and oxygen atoms in total. The summed E-state index contributed by atoms with van der Waals surface area (Å²) in [6.45, 7) is 4.19. The van der Waals surface area contributed by atoms with Gasteiger partial charge in [0.15, 0.2) is 0 Å². The molecule has 1 fully saturated rings. The molecule has 0 bridgehead atoms. The summed E-state index contributed by atoms with van der Waals surface area (Å²) in [5.74, 6) is 0.937. The van der Waals surface area contributed by atoms with Crippen molar-refractivity contribution in [2.75, 3.05) is 36.3 Å². The number of sulfonamides is 1. The first kappa shape index (κ1) is 26.6. The van der Waals surface area contributed by atoms with E-state index < -0.39 is 15.8 Å². The van der Waals surface area contributed by atoms with E-state index in [0.29, 0.717) is 18.1 Å². The molecule has 0 saturated carbocycles. The number of hydrogen-bond acceptors (Lipinski definition) is 7. The maximum Gasteiger partial charge on any atom is 0.261 e. The van der Waals surface area contributed by atoms with Crippen LogP contribution in [0.1, 0.15) is 19.3 Å². The summed E-state index contributed by atoms with van der Waals surface area (Å²) in [4.78, 5) is 11.2. The van der Waals surface area contributed by atoms with Crippen molar-refractivity contribution in [3.8, 4) is 17.0 Å². The average Bonchev–Trinajstić information content (AvgIpc) is 3.47. The summed E-state index contributed by atoms with van der Waals surface area (Å²) in [5, 5.41) is 3.21. The Bertz CT molecular complexity index is 1480. The third kappa shape index (κ3) is 7.30. The molecule has 10 heteroatoms. The van der Waals surface area contributed by atoms with Gasteiger partial charge in [-0.05, 0) is 105 Å². The van der Waals surface area contributed by atoms with Gasteiger partial charge in [-0.3, -0.25) is 4.72 Å². The second-order valence-electron chi connectivity index (χ2n) is 9.33. The van der Waals surface area contributed by atoms with E-state index in [1.54, 1.807) is 24.3 Å². The molecule has 0 spiro atoms. The standard InChI is InChI=1S/C29H30FN5O3S/c30-23-6-14-27(15-7-23)39(36,37)34-25-10-8-24(9-11-25)33-29-20-28(31-21-32-29)22-4-12-26(13-5-22)38-19-3-18-35-16-1-2-17-35/h4-15,20-21,34H,1-3,16-19H2,(H,31,32,33). The zero-order valence-corrected chi connectivity index (χ0v) is 22.2. The van der Waals surface area contributed by atoms with Crippen LogP contribution in [0.2, 0.25) is 0 Å². The van der Waals surface area contributed by atoms with Crippen LogP contribution in [-0.2, 0) is 10.0 Å². The Labute approximate surface area is 227 Å². The third-order valence-corrected chi connectivity index (χ3v) is 7.83. The highest BCUT2D eigenvalue weighted by Crippen LogP contribution is 2.25. The maximum atomic E-state index is 13.1. The molecule has 39 heavy (non-hydrogen) atoms. The Morgan fingerprint density at radius 3 is 2.28 bits per heavy atom. The molecular weight excluding hydrogens is 517 g/mol. The number of anilines is 3. The van der Waals surface area contributed by atoms with Gasteiger partial charge in [-0.15, -0.1) is 0 Å². The second-order valence-corrected chi connectivity index (χ2v) is 11.0. The van der Waals surface area contributed by atoms with Crippen LogP contribution in [-0.4, -0.2) is 49.5 Å². The monoisotopic (exact) mass is 547 g/mol. The number of aromatic nitrogens is 2. The van der Waals surface area contributed by atoms with Crippen molar-refractivity contribution in [1.82, 2.24) is 14.9 Å². The Morgan fingerprint density at radius 1 is 0.872 bits per heavy atom. The molecule has 1 aliphatic heterocycles. The highest BCUT2D eigenvalue weighted by molar-refractivity contribution is 7.92. The topological polar surface area (TPSA) is 96.5 Å². The van der Waals surface area contributed by atoms with E-state index in [1.165, 1.54) is 44.4 Å². The SMILES string of the molecule is O=S(=O)(Nc1ccc(Nc2cc(-c3ccc(OCCCN4CCCC4)cc3)ncn2)cc1)c1ccc(F)cc1. The van der Waals surface area contributed by atoms with E-state index in [1.807, 2.05) is 30.3 Å². The molecule has 5 rings (SSSR count). The summed E-state index contributed by atoms with van der Waals surface area (Å²) in [5.41, 5.74) is 2.81. The van der Waals surface area contributed by atoms with E-state index in [-0.39, 0.29) is 4.90 Å².